The lowest BCUT2D eigenvalue weighted by Crippen LogP contribution is -2.41. The number of ether oxygens (including phenoxy) is 1. The minimum absolute atomic E-state index is 0.0393. The van der Waals surface area contributed by atoms with Crippen molar-refractivity contribution in [3.63, 3.8) is 0 Å². The van der Waals surface area contributed by atoms with Crippen LogP contribution in [-0.2, 0) is 11.8 Å². The molecule has 186 valence electrons. The number of anilines is 1. The minimum atomic E-state index is -0.524. The fourth-order valence-corrected chi connectivity index (χ4v) is 4.04. The first-order chi connectivity index (χ1) is 16.7. The lowest BCUT2D eigenvalue weighted by molar-refractivity contribution is 0.0198. The molecular formula is C24H31N7O4. The third kappa shape index (κ3) is 5.33. The SMILES string of the molecule is CCN(C(=O)c1cnc(-c2noc(C3CCN(C(=O)OC(C)(C)C)CC3)n2)n1C)c1cccnc1. The first kappa shape index (κ1) is 24.4. The van der Waals surface area contributed by atoms with Crippen molar-refractivity contribution in [1.29, 1.82) is 0 Å². The molecule has 4 rings (SSSR count). The van der Waals surface area contributed by atoms with Crippen molar-refractivity contribution in [2.75, 3.05) is 24.5 Å². The number of imidazole rings is 1. The highest BCUT2D eigenvalue weighted by Crippen LogP contribution is 2.29. The number of piperidine rings is 1. The van der Waals surface area contributed by atoms with Crippen LogP contribution in [0.4, 0.5) is 10.5 Å². The normalized spacial score (nSPS) is 14.7. The Labute approximate surface area is 204 Å². The fraction of sp³-hybridized carbons (Fsp3) is 0.500. The van der Waals surface area contributed by atoms with Crippen molar-refractivity contribution < 1.29 is 18.8 Å². The Morgan fingerprint density at radius 2 is 1.97 bits per heavy atom. The van der Waals surface area contributed by atoms with Crippen LogP contribution in [0.1, 0.15) is 62.8 Å². The summed E-state index contributed by atoms with van der Waals surface area (Å²) in [6.45, 7) is 9.06. The monoisotopic (exact) mass is 481 g/mol. The molecule has 1 saturated heterocycles. The molecule has 0 aliphatic carbocycles. The summed E-state index contributed by atoms with van der Waals surface area (Å²) in [5.74, 6) is 1.11. The molecule has 1 aliphatic heterocycles. The van der Waals surface area contributed by atoms with Gasteiger partial charge in [-0.3, -0.25) is 9.78 Å². The van der Waals surface area contributed by atoms with E-state index in [1.54, 1.807) is 39.9 Å². The number of amides is 2. The third-order valence-electron chi connectivity index (χ3n) is 5.86. The number of pyridine rings is 1. The summed E-state index contributed by atoms with van der Waals surface area (Å²) in [7, 11) is 1.75. The molecule has 2 amide bonds. The lowest BCUT2D eigenvalue weighted by Gasteiger charge is -2.32. The zero-order valence-corrected chi connectivity index (χ0v) is 20.8. The number of aromatic nitrogens is 5. The number of carbonyl (C=O) groups excluding carboxylic acids is 2. The highest BCUT2D eigenvalue weighted by Gasteiger charge is 2.31. The van der Waals surface area contributed by atoms with Crippen LogP contribution in [0.5, 0.6) is 0 Å². The molecule has 0 aromatic carbocycles. The molecule has 1 aliphatic rings. The summed E-state index contributed by atoms with van der Waals surface area (Å²) in [5.41, 5.74) is 0.592. The first-order valence-corrected chi connectivity index (χ1v) is 11.7. The van der Waals surface area contributed by atoms with Crippen LogP contribution in [0.3, 0.4) is 0 Å². The molecule has 0 spiro atoms. The summed E-state index contributed by atoms with van der Waals surface area (Å²) < 4.78 is 12.7. The van der Waals surface area contributed by atoms with Gasteiger partial charge < -0.3 is 23.6 Å². The summed E-state index contributed by atoms with van der Waals surface area (Å²) in [4.78, 5) is 41.9. The summed E-state index contributed by atoms with van der Waals surface area (Å²) in [5, 5.41) is 4.11. The Morgan fingerprint density at radius 3 is 2.60 bits per heavy atom. The van der Waals surface area contributed by atoms with Gasteiger partial charge in [-0.25, -0.2) is 9.78 Å². The maximum atomic E-state index is 13.2. The van der Waals surface area contributed by atoms with Gasteiger partial charge in [-0.15, -0.1) is 0 Å². The minimum Gasteiger partial charge on any atom is -0.444 e. The summed E-state index contributed by atoms with van der Waals surface area (Å²) in [6, 6.07) is 3.63. The average molecular weight is 482 g/mol. The number of nitrogens with zero attached hydrogens (tertiary/aromatic N) is 7. The molecule has 3 aromatic heterocycles. The van der Waals surface area contributed by atoms with Crippen LogP contribution in [0, 0.1) is 0 Å². The Morgan fingerprint density at radius 1 is 1.23 bits per heavy atom. The molecule has 11 nitrogen and oxygen atoms in total. The molecule has 0 unspecified atom stereocenters. The highest BCUT2D eigenvalue weighted by atomic mass is 16.6. The number of hydrogen-bond acceptors (Lipinski definition) is 8. The smallest absolute Gasteiger partial charge is 0.410 e. The Kier molecular flexibility index (Phi) is 6.86. The van der Waals surface area contributed by atoms with E-state index in [-0.39, 0.29) is 17.9 Å². The third-order valence-corrected chi connectivity index (χ3v) is 5.86. The maximum Gasteiger partial charge on any atom is 0.410 e. The molecule has 11 heteroatoms. The van der Waals surface area contributed by atoms with Crippen molar-refractivity contribution in [2.24, 2.45) is 7.05 Å². The fourth-order valence-electron chi connectivity index (χ4n) is 4.04. The van der Waals surface area contributed by atoms with Crippen LogP contribution in [0.2, 0.25) is 0 Å². The molecule has 1 fully saturated rings. The van der Waals surface area contributed by atoms with E-state index in [0.717, 1.165) is 0 Å². The van der Waals surface area contributed by atoms with Gasteiger partial charge in [0.05, 0.1) is 18.1 Å². The van der Waals surface area contributed by atoms with Gasteiger partial charge in [0.2, 0.25) is 11.7 Å². The largest absolute Gasteiger partial charge is 0.444 e. The van der Waals surface area contributed by atoms with Crippen molar-refractivity contribution in [3.8, 4) is 11.6 Å². The molecule has 0 radical (unpaired) electrons. The highest BCUT2D eigenvalue weighted by molar-refractivity contribution is 6.05. The summed E-state index contributed by atoms with van der Waals surface area (Å²) >= 11 is 0. The molecular weight excluding hydrogens is 450 g/mol. The standard InChI is InChI=1S/C24H31N7O4/c1-6-31(17-8-7-11-25-14-17)22(32)18-15-26-20(29(18)5)19-27-21(35-28-19)16-9-12-30(13-10-16)23(33)34-24(2,3)4/h7-8,11,14-16H,6,9-10,12-13H2,1-5H3. The van der Waals surface area contributed by atoms with Gasteiger partial charge in [-0.1, -0.05) is 5.16 Å². The van der Waals surface area contributed by atoms with E-state index in [0.29, 0.717) is 61.4 Å². The van der Waals surface area contributed by atoms with E-state index in [1.165, 1.54) is 6.20 Å². The maximum absolute atomic E-state index is 13.2. The van der Waals surface area contributed by atoms with Crippen LogP contribution >= 0.6 is 0 Å². The number of carbonyl (C=O) groups is 2. The molecule has 0 N–H and O–H groups in total. The molecule has 35 heavy (non-hydrogen) atoms. The predicted octanol–water partition coefficient (Wildman–Crippen LogP) is 3.65. The van der Waals surface area contributed by atoms with Crippen LogP contribution in [-0.4, -0.2) is 66.8 Å². The van der Waals surface area contributed by atoms with Gasteiger partial charge in [0.25, 0.3) is 5.91 Å². The van der Waals surface area contributed by atoms with E-state index in [4.69, 9.17) is 9.26 Å². The number of rotatable bonds is 5. The molecule has 0 saturated carbocycles. The van der Waals surface area contributed by atoms with Gasteiger partial charge in [0, 0.05) is 38.8 Å². The predicted molar refractivity (Wildman–Crippen MR) is 128 cm³/mol. The van der Waals surface area contributed by atoms with Crippen molar-refractivity contribution in [2.45, 2.75) is 52.1 Å². The van der Waals surface area contributed by atoms with Crippen molar-refractivity contribution >= 4 is 17.7 Å². The second-order valence-electron chi connectivity index (χ2n) is 9.48. The summed E-state index contributed by atoms with van der Waals surface area (Å²) in [6.07, 6.45) is 5.92. The zero-order valence-electron chi connectivity index (χ0n) is 20.8. The second-order valence-corrected chi connectivity index (χ2v) is 9.48. The van der Waals surface area contributed by atoms with E-state index >= 15 is 0 Å². The van der Waals surface area contributed by atoms with E-state index in [9.17, 15) is 9.59 Å². The van der Waals surface area contributed by atoms with Gasteiger partial charge in [-0.2, -0.15) is 4.98 Å². The number of likely N-dealkylation sites (tertiary alicyclic amines) is 1. The number of hydrogen-bond donors (Lipinski definition) is 0. The Bertz CT molecular complexity index is 1170. The second kappa shape index (κ2) is 9.85. The lowest BCUT2D eigenvalue weighted by atomic mass is 9.97. The first-order valence-electron chi connectivity index (χ1n) is 11.7. The Balaban J connectivity index is 1.44. The van der Waals surface area contributed by atoms with E-state index in [2.05, 4.69) is 20.1 Å². The van der Waals surface area contributed by atoms with Crippen LogP contribution in [0.15, 0.2) is 35.2 Å². The van der Waals surface area contributed by atoms with Crippen LogP contribution in [0.25, 0.3) is 11.6 Å². The molecule has 3 aromatic rings. The van der Waals surface area contributed by atoms with Gasteiger partial charge in [-0.05, 0) is 52.7 Å². The van der Waals surface area contributed by atoms with Gasteiger partial charge in [0.15, 0.2) is 5.82 Å². The van der Waals surface area contributed by atoms with E-state index < -0.39 is 5.60 Å². The van der Waals surface area contributed by atoms with Crippen LogP contribution < -0.4 is 4.90 Å². The molecule has 0 bridgehead atoms. The topological polar surface area (TPSA) is 119 Å². The average Bonchev–Trinajstić information content (AvgIpc) is 3.46. The van der Waals surface area contributed by atoms with E-state index in [1.807, 2.05) is 33.8 Å². The van der Waals surface area contributed by atoms with Gasteiger partial charge in [0.1, 0.15) is 11.3 Å². The quantitative estimate of drug-likeness (QED) is 0.542. The van der Waals surface area contributed by atoms with Crippen molar-refractivity contribution in [3.05, 3.63) is 42.3 Å². The molecule has 4 heterocycles. The van der Waals surface area contributed by atoms with Crippen molar-refractivity contribution in [1.82, 2.24) is 29.6 Å². The van der Waals surface area contributed by atoms with Gasteiger partial charge >= 0.3 is 6.09 Å². The molecule has 0 atom stereocenters. The Hall–Kier alpha value is -3.76. The zero-order chi connectivity index (χ0) is 25.2.